The van der Waals surface area contributed by atoms with Gasteiger partial charge in [0.05, 0.1) is 6.10 Å². The maximum absolute atomic E-state index is 5.47. The van der Waals surface area contributed by atoms with Crippen LogP contribution in [0.1, 0.15) is 32.6 Å². The van der Waals surface area contributed by atoms with Crippen molar-refractivity contribution in [2.45, 2.75) is 45.0 Å². The lowest BCUT2D eigenvalue weighted by Gasteiger charge is -2.14. The van der Waals surface area contributed by atoms with Gasteiger partial charge < -0.3 is 14.2 Å². The molecule has 1 aliphatic carbocycles. The number of rotatable bonds is 5. The molecule has 1 saturated carbocycles. The van der Waals surface area contributed by atoms with Crippen molar-refractivity contribution in [1.29, 1.82) is 0 Å². The van der Waals surface area contributed by atoms with Crippen LogP contribution in [-0.4, -0.2) is 26.3 Å². The Kier molecular flexibility index (Phi) is 4.58. The van der Waals surface area contributed by atoms with Crippen LogP contribution in [0, 0.1) is 0 Å². The predicted octanol–water partition coefficient (Wildman–Crippen LogP) is 1.91. The fraction of sp³-hybridized carbons (Fsp3) is 1.00. The van der Waals surface area contributed by atoms with Gasteiger partial charge in [-0.3, -0.25) is 0 Å². The van der Waals surface area contributed by atoms with E-state index in [-0.39, 0.29) is 6.29 Å². The van der Waals surface area contributed by atoms with Crippen molar-refractivity contribution < 1.29 is 14.2 Å². The van der Waals surface area contributed by atoms with Crippen LogP contribution in [-0.2, 0) is 14.2 Å². The van der Waals surface area contributed by atoms with Crippen LogP contribution in [0.2, 0.25) is 0 Å². The molecule has 1 aliphatic rings. The van der Waals surface area contributed by atoms with Gasteiger partial charge in [-0.15, -0.1) is 0 Å². The lowest BCUT2D eigenvalue weighted by atomic mass is 10.3. The maximum Gasteiger partial charge on any atom is 0.157 e. The summed E-state index contributed by atoms with van der Waals surface area (Å²) in [6.45, 7) is 2.22. The molecule has 0 aromatic carbocycles. The summed E-state index contributed by atoms with van der Waals surface area (Å²) in [5, 5.41) is 0. The Balaban J connectivity index is 1.94. The fourth-order valence-corrected chi connectivity index (χ4v) is 1.35. The van der Waals surface area contributed by atoms with E-state index in [2.05, 4.69) is 0 Å². The Morgan fingerprint density at radius 3 is 2.58 bits per heavy atom. The summed E-state index contributed by atoms with van der Waals surface area (Å²) in [7, 11) is 1.63. The normalized spacial score (nSPS) is 21.5. The molecule has 0 spiro atoms. The molecule has 0 amide bonds. The summed E-state index contributed by atoms with van der Waals surface area (Å²) in [6, 6.07) is 0. The van der Waals surface area contributed by atoms with E-state index in [0.29, 0.717) is 12.9 Å². The topological polar surface area (TPSA) is 27.7 Å². The first-order chi connectivity index (χ1) is 5.83. The first-order valence-electron chi connectivity index (χ1n) is 4.59. The van der Waals surface area contributed by atoms with E-state index in [1.165, 1.54) is 25.7 Å². The first kappa shape index (κ1) is 9.96. The first-order valence-corrected chi connectivity index (χ1v) is 4.59. The molecular weight excluding hydrogens is 156 g/mol. The second-order valence-corrected chi connectivity index (χ2v) is 3.16. The molecular formula is C9H18O3. The summed E-state index contributed by atoms with van der Waals surface area (Å²) in [5.41, 5.74) is 0. The molecule has 0 heterocycles. The Hall–Kier alpha value is -0.120. The van der Waals surface area contributed by atoms with Gasteiger partial charge in [-0.05, 0) is 19.8 Å². The van der Waals surface area contributed by atoms with Crippen molar-refractivity contribution in [2.75, 3.05) is 13.9 Å². The number of hydrogen-bond acceptors (Lipinski definition) is 3. The van der Waals surface area contributed by atoms with E-state index in [0.717, 1.165) is 0 Å². The smallest absolute Gasteiger partial charge is 0.157 e. The number of ether oxygens (including phenoxy) is 3. The molecule has 0 saturated heterocycles. The van der Waals surface area contributed by atoms with Crippen molar-refractivity contribution in [2.24, 2.45) is 0 Å². The summed E-state index contributed by atoms with van der Waals surface area (Å²) < 4.78 is 15.6. The van der Waals surface area contributed by atoms with E-state index in [1.54, 1.807) is 7.11 Å². The van der Waals surface area contributed by atoms with E-state index < -0.39 is 0 Å². The number of hydrogen-bond donors (Lipinski definition) is 0. The second-order valence-electron chi connectivity index (χ2n) is 3.16. The average molecular weight is 174 g/mol. The van der Waals surface area contributed by atoms with Gasteiger partial charge in [0.25, 0.3) is 0 Å². The van der Waals surface area contributed by atoms with Gasteiger partial charge in [-0.25, -0.2) is 0 Å². The Morgan fingerprint density at radius 2 is 2.00 bits per heavy atom. The van der Waals surface area contributed by atoms with Gasteiger partial charge in [-0.1, -0.05) is 12.8 Å². The summed E-state index contributed by atoms with van der Waals surface area (Å²) in [4.78, 5) is 0. The molecule has 1 atom stereocenters. The second kappa shape index (κ2) is 5.51. The highest BCUT2D eigenvalue weighted by atomic mass is 16.7. The highest BCUT2D eigenvalue weighted by Crippen LogP contribution is 2.20. The summed E-state index contributed by atoms with van der Waals surface area (Å²) >= 11 is 0. The van der Waals surface area contributed by atoms with Gasteiger partial charge in [0, 0.05) is 7.11 Å². The standard InChI is InChI=1S/C9H18O3/c1-8(10-2)11-7-12-9-5-3-4-6-9/h8-9H,3-7H2,1-2H3. The molecule has 0 radical (unpaired) electrons. The minimum Gasteiger partial charge on any atom is -0.356 e. The van der Waals surface area contributed by atoms with E-state index in [1.807, 2.05) is 6.92 Å². The van der Waals surface area contributed by atoms with Crippen LogP contribution in [0.4, 0.5) is 0 Å². The Bertz CT molecular complexity index is 110. The quantitative estimate of drug-likeness (QED) is 0.596. The molecule has 0 bridgehead atoms. The molecule has 0 N–H and O–H groups in total. The van der Waals surface area contributed by atoms with Crippen molar-refractivity contribution in [3.63, 3.8) is 0 Å². The van der Waals surface area contributed by atoms with Crippen LogP contribution in [0.25, 0.3) is 0 Å². The van der Waals surface area contributed by atoms with E-state index >= 15 is 0 Å². The SMILES string of the molecule is COC(C)OCOC1CCCC1. The van der Waals surface area contributed by atoms with Gasteiger partial charge in [0.2, 0.25) is 0 Å². The molecule has 72 valence electrons. The summed E-state index contributed by atoms with van der Waals surface area (Å²) in [5.74, 6) is 0. The van der Waals surface area contributed by atoms with Crippen LogP contribution >= 0.6 is 0 Å². The van der Waals surface area contributed by atoms with Crippen molar-refractivity contribution in [3.8, 4) is 0 Å². The lowest BCUT2D eigenvalue weighted by molar-refractivity contribution is -0.186. The summed E-state index contributed by atoms with van der Waals surface area (Å²) in [6.07, 6.45) is 5.23. The zero-order chi connectivity index (χ0) is 8.81. The van der Waals surface area contributed by atoms with Crippen LogP contribution < -0.4 is 0 Å². The Morgan fingerprint density at radius 1 is 1.33 bits per heavy atom. The third-order valence-electron chi connectivity index (χ3n) is 2.24. The zero-order valence-corrected chi connectivity index (χ0v) is 7.91. The van der Waals surface area contributed by atoms with Gasteiger partial charge in [-0.2, -0.15) is 0 Å². The highest BCUT2D eigenvalue weighted by molar-refractivity contribution is 4.65. The molecule has 1 unspecified atom stereocenters. The average Bonchev–Trinajstić information content (AvgIpc) is 2.57. The largest absolute Gasteiger partial charge is 0.356 e. The van der Waals surface area contributed by atoms with Crippen LogP contribution in [0.15, 0.2) is 0 Å². The number of methoxy groups -OCH3 is 1. The third-order valence-corrected chi connectivity index (χ3v) is 2.24. The fourth-order valence-electron chi connectivity index (χ4n) is 1.35. The highest BCUT2D eigenvalue weighted by Gasteiger charge is 2.15. The van der Waals surface area contributed by atoms with Gasteiger partial charge in [0.1, 0.15) is 6.79 Å². The minimum absolute atomic E-state index is 0.161. The van der Waals surface area contributed by atoms with E-state index in [9.17, 15) is 0 Å². The van der Waals surface area contributed by atoms with E-state index in [4.69, 9.17) is 14.2 Å². The molecule has 0 aromatic heterocycles. The van der Waals surface area contributed by atoms with Gasteiger partial charge in [0.15, 0.2) is 6.29 Å². The lowest BCUT2D eigenvalue weighted by Crippen LogP contribution is -2.16. The molecule has 1 rings (SSSR count). The monoisotopic (exact) mass is 174 g/mol. The van der Waals surface area contributed by atoms with Gasteiger partial charge >= 0.3 is 0 Å². The maximum atomic E-state index is 5.47. The molecule has 3 nitrogen and oxygen atoms in total. The van der Waals surface area contributed by atoms with Crippen LogP contribution in [0.5, 0.6) is 0 Å². The molecule has 12 heavy (non-hydrogen) atoms. The zero-order valence-electron chi connectivity index (χ0n) is 7.91. The molecule has 1 fully saturated rings. The molecule has 0 aromatic rings. The third kappa shape index (κ3) is 3.52. The molecule has 3 heteroatoms. The predicted molar refractivity (Wildman–Crippen MR) is 45.8 cm³/mol. The van der Waals surface area contributed by atoms with Crippen molar-refractivity contribution >= 4 is 0 Å². The Labute approximate surface area is 74.0 Å². The van der Waals surface area contributed by atoms with Crippen LogP contribution in [0.3, 0.4) is 0 Å². The van der Waals surface area contributed by atoms with Crippen molar-refractivity contribution in [1.82, 2.24) is 0 Å². The van der Waals surface area contributed by atoms with Crippen molar-refractivity contribution in [3.05, 3.63) is 0 Å². The minimum atomic E-state index is -0.161. The molecule has 0 aliphatic heterocycles.